The summed E-state index contributed by atoms with van der Waals surface area (Å²) in [5.41, 5.74) is 0.715. The lowest BCUT2D eigenvalue weighted by Crippen LogP contribution is -2.46. The van der Waals surface area contributed by atoms with Crippen molar-refractivity contribution >= 4 is 12.2 Å². The molecule has 1 atom stereocenters. The summed E-state index contributed by atoms with van der Waals surface area (Å²) in [7, 11) is 1.70. The number of amides is 1. The van der Waals surface area contributed by atoms with Crippen molar-refractivity contribution in [2.24, 2.45) is 5.92 Å². The van der Waals surface area contributed by atoms with Gasteiger partial charge in [0, 0.05) is 11.6 Å². The van der Waals surface area contributed by atoms with Gasteiger partial charge in [-0.2, -0.15) is 0 Å². The molecule has 0 aliphatic rings. The fourth-order valence-electron chi connectivity index (χ4n) is 2.52. The third-order valence-corrected chi connectivity index (χ3v) is 3.72. The number of benzene rings is 1. The molecular weight excluding hydrogens is 325 g/mol. The molecule has 0 radical (unpaired) electrons. The maximum atomic E-state index is 13.0. The van der Waals surface area contributed by atoms with Crippen LogP contribution in [0, 0.1) is 11.7 Å². The van der Waals surface area contributed by atoms with E-state index in [1.807, 2.05) is 13.8 Å². The highest BCUT2D eigenvalue weighted by molar-refractivity contribution is 5.94. The lowest BCUT2D eigenvalue weighted by Gasteiger charge is -2.28. The van der Waals surface area contributed by atoms with Gasteiger partial charge in [0.05, 0.1) is 12.7 Å². The summed E-state index contributed by atoms with van der Waals surface area (Å²) >= 11 is 0. The number of aldehydes is 1. The van der Waals surface area contributed by atoms with Crippen molar-refractivity contribution in [1.29, 1.82) is 0 Å². The van der Waals surface area contributed by atoms with Crippen molar-refractivity contribution in [2.45, 2.75) is 26.3 Å². The minimum atomic E-state index is -0.550. The molecule has 6 nitrogen and oxygen atoms in total. The fourth-order valence-corrected chi connectivity index (χ4v) is 2.52. The number of hydrogen-bond donors (Lipinski definition) is 1. The Morgan fingerprint density at radius 1 is 1.36 bits per heavy atom. The molecule has 2 aromatic rings. The number of hydrogen-bond acceptors (Lipinski definition) is 5. The first-order valence-corrected chi connectivity index (χ1v) is 8.09. The zero-order valence-corrected chi connectivity index (χ0v) is 14.5. The van der Waals surface area contributed by atoms with Crippen molar-refractivity contribution in [1.82, 2.24) is 15.4 Å². The Kier molecular flexibility index (Phi) is 6.41. The molecule has 1 unspecified atom stereocenters. The second-order valence-electron chi connectivity index (χ2n) is 6.20. The third-order valence-electron chi connectivity index (χ3n) is 3.72. The maximum Gasteiger partial charge on any atom is 0.277 e. The fraction of sp³-hybridized carbons (Fsp3) is 0.389. The molecule has 7 heteroatoms. The van der Waals surface area contributed by atoms with Gasteiger partial charge in [0.15, 0.2) is 11.5 Å². The minimum Gasteiger partial charge on any atom is -0.355 e. The van der Waals surface area contributed by atoms with E-state index < -0.39 is 11.9 Å². The number of aromatic nitrogens is 1. The Balaban J connectivity index is 2.24. The zero-order chi connectivity index (χ0) is 18.4. The van der Waals surface area contributed by atoms with Crippen LogP contribution in [0.2, 0.25) is 0 Å². The Bertz CT molecular complexity index is 713. The average Bonchev–Trinajstić information content (AvgIpc) is 3.07. The zero-order valence-electron chi connectivity index (χ0n) is 14.5. The number of nitrogens with zero attached hydrogens (tertiary/aromatic N) is 2. The van der Waals surface area contributed by atoms with E-state index in [0.29, 0.717) is 17.7 Å². The van der Waals surface area contributed by atoms with E-state index in [4.69, 9.17) is 4.52 Å². The summed E-state index contributed by atoms with van der Waals surface area (Å²) in [6.07, 6.45) is 1.33. The van der Waals surface area contributed by atoms with E-state index in [1.54, 1.807) is 19.2 Å². The van der Waals surface area contributed by atoms with Gasteiger partial charge in [-0.15, -0.1) is 0 Å². The predicted molar refractivity (Wildman–Crippen MR) is 91.3 cm³/mol. The summed E-state index contributed by atoms with van der Waals surface area (Å²) in [6.45, 7) is 4.19. The van der Waals surface area contributed by atoms with Crippen LogP contribution in [-0.2, 0) is 4.79 Å². The van der Waals surface area contributed by atoms with Crippen LogP contribution in [0.1, 0.15) is 30.8 Å². The van der Waals surface area contributed by atoms with E-state index in [-0.39, 0.29) is 24.1 Å². The molecule has 1 amide bonds. The quantitative estimate of drug-likeness (QED) is 0.587. The van der Waals surface area contributed by atoms with Crippen LogP contribution >= 0.6 is 0 Å². The van der Waals surface area contributed by atoms with Gasteiger partial charge >= 0.3 is 0 Å². The molecule has 1 aromatic heterocycles. The molecule has 0 aliphatic heterocycles. The average molecular weight is 347 g/mol. The van der Waals surface area contributed by atoms with Crippen molar-refractivity contribution in [2.75, 3.05) is 13.7 Å². The largest absolute Gasteiger partial charge is 0.355 e. The smallest absolute Gasteiger partial charge is 0.277 e. The van der Waals surface area contributed by atoms with Crippen molar-refractivity contribution in [3.8, 4) is 11.3 Å². The van der Waals surface area contributed by atoms with Crippen molar-refractivity contribution in [3.63, 3.8) is 0 Å². The van der Waals surface area contributed by atoms with E-state index in [2.05, 4.69) is 10.5 Å². The number of halogens is 1. The first kappa shape index (κ1) is 18.8. The van der Waals surface area contributed by atoms with Gasteiger partial charge < -0.3 is 19.5 Å². The van der Waals surface area contributed by atoms with E-state index in [9.17, 15) is 14.0 Å². The lowest BCUT2D eigenvalue weighted by molar-refractivity contribution is -0.112. The molecule has 134 valence electrons. The Morgan fingerprint density at radius 2 is 2.04 bits per heavy atom. The van der Waals surface area contributed by atoms with Crippen LogP contribution in [0.4, 0.5) is 4.39 Å². The minimum absolute atomic E-state index is 0.102. The van der Waals surface area contributed by atoms with Crippen LogP contribution in [-0.4, -0.2) is 42.0 Å². The van der Waals surface area contributed by atoms with Crippen LogP contribution in [0.3, 0.4) is 0 Å². The third kappa shape index (κ3) is 4.73. The second kappa shape index (κ2) is 8.53. The number of carbonyl (C=O) groups is 2. The first-order chi connectivity index (χ1) is 12.0. The molecule has 0 saturated heterocycles. The maximum absolute atomic E-state index is 13.0. The van der Waals surface area contributed by atoms with Gasteiger partial charge in [0.2, 0.25) is 0 Å². The Morgan fingerprint density at radius 3 is 2.60 bits per heavy atom. The lowest BCUT2D eigenvalue weighted by atomic mass is 10.0. The van der Waals surface area contributed by atoms with Crippen LogP contribution < -0.4 is 5.32 Å². The number of rotatable bonds is 8. The first-order valence-electron chi connectivity index (χ1n) is 8.09. The van der Waals surface area contributed by atoms with Gasteiger partial charge in [-0.1, -0.05) is 19.0 Å². The van der Waals surface area contributed by atoms with Crippen molar-refractivity contribution in [3.05, 3.63) is 41.8 Å². The monoisotopic (exact) mass is 347 g/mol. The molecule has 0 fully saturated rings. The summed E-state index contributed by atoms with van der Waals surface area (Å²) in [5.74, 6) is -0.139. The second-order valence-corrected chi connectivity index (χ2v) is 6.20. The summed E-state index contributed by atoms with van der Waals surface area (Å²) in [6, 6.07) is 6.64. The van der Waals surface area contributed by atoms with E-state index in [1.165, 1.54) is 23.1 Å². The molecule has 1 heterocycles. The highest BCUT2D eigenvalue weighted by atomic mass is 19.1. The number of carbonyl (C=O) groups excluding carboxylic acids is 2. The normalized spacial score (nSPS) is 12.2. The predicted octanol–water partition coefficient (Wildman–Crippen LogP) is 2.71. The summed E-state index contributed by atoms with van der Waals surface area (Å²) < 4.78 is 18.2. The highest BCUT2D eigenvalue weighted by Crippen LogP contribution is 2.22. The number of nitrogens with one attached hydrogen (secondary N) is 1. The van der Waals surface area contributed by atoms with Crippen LogP contribution in [0.15, 0.2) is 34.9 Å². The molecule has 2 rings (SSSR count). The summed E-state index contributed by atoms with van der Waals surface area (Å²) in [4.78, 5) is 25.6. The highest BCUT2D eigenvalue weighted by Gasteiger charge is 2.27. The standard InChI is InChI=1S/C18H22FN3O3/c1-12(2)8-15(10-23)22(11-20-3)18(24)16-9-17(25-21-16)13-4-6-14(19)7-5-13/h4-7,9-10,12,15,20H,8,11H2,1-3H3. The SMILES string of the molecule is CNCN(C(=O)c1cc(-c2ccc(F)cc2)on1)C(C=O)CC(C)C. The molecule has 1 N–H and O–H groups in total. The summed E-state index contributed by atoms with van der Waals surface area (Å²) in [5, 5.41) is 6.71. The van der Waals surface area contributed by atoms with E-state index >= 15 is 0 Å². The Hall–Kier alpha value is -2.54. The Labute approximate surface area is 146 Å². The molecular formula is C18H22FN3O3. The van der Waals surface area contributed by atoms with Crippen LogP contribution in [0.5, 0.6) is 0 Å². The molecule has 0 bridgehead atoms. The molecule has 25 heavy (non-hydrogen) atoms. The molecule has 0 spiro atoms. The van der Waals surface area contributed by atoms with Gasteiger partial charge in [0.25, 0.3) is 5.91 Å². The van der Waals surface area contributed by atoms with Gasteiger partial charge in [-0.25, -0.2) is 4.39 Å². The molecule has 0 aliphatic carbocycles. The van der Waals surface area contributed by atoms with Gasteiger partial charge in [-0.3, -0.25) is 4.79 Å². The van der Waals surface area contributed by atoms with Crippen LogP contribution in [0.25, 0.3) is 11.3 Å². The topological polar surface area (TPSA) is 75.4 Å². The van der Waals surface area contributed by atoms with Gasteiger partial charge in [0.1, 0.15) is 12.1 Å². The molecule has 0 saturated carbocycles. The van der Waals surface area contributed by atoms with Crippen molar-refractivity contribution < 1.29 is 18.5 Å². The van der Waals surface area contributed by atoms with E-state index in [0.717, 1.165) is 6.29 Å². The molecule has 1 aromatic carbocycles. The van der Waals surface area contributed by atoms with Gasteiger partial charge in [-0.05, 0) is 43.7 Å².